The molecule has 1 atom stereocenters. The van der Waals surface area contributed by atoms with Crippen molar-refractivity contribution >= 4 is 10.0 Å². The van der Waals surface area contributed by atoms with Gasteiger partial charge >= 0.3 is 0 Å². The molecule has 1 rings (SSSR count). The van der Waals surface area contributed by atoms with E-state index >= 15 is 0 Å². The molecule has 1 aromatic rings. The minimum atomic E-state index is -3.66. The van der Waals surface area contributed by atoms with Gasteiger partial charge in [-0.3, -0.25) is 0 Å². The number of nitrogens with zero attached hydrogens (tertiary/aromatic N) is 2. The molecule has 0 aliphatic rings. The van der Waals surface area contributed by atoms with E-state index in [-0.39, 0.29) is 11.6 Å². The third-order valence-corrected chi connectivity index (χ3v) is 3.99. The summed E-state index contributed by atoms with van der Waals surface area (Å²) in [5, 5.41) is 9.11. The number of sulfonamides is 1. The highest BCUT2D eigenvalue weighted by Gasteiger charge is 2.29. The average Bonchev–Trinajstić information content (AvgIpc) is 2.65. The summed E-state index contributed by atoms with van der Waals surface area (Å²) < 4.78 is 27.8. The van der Waals surface area contributed by atoms with Crippen LogP contribution in [0.15, 0.2) is 17.6 Å². The lowest BCUT2D eigenvalue weighted by molar-refractivity contribution is 0.191. The summed E-state index contributed by atoms with van der Waals surface area (Å²) in [5.41, 5.74) is -0.851. The van der Waals surface area contributed by atoms with Crippen molar-refractivity contribution in [1.82, 2.24) is 14.3 Å². The molecule has 0 aliphatic carbocycles. The number of aliphatic hydroxyl groups excluding tert-OH is 1. The molecule has 2 N–H and O–H groups in total. The van der Waals surface area contributed by atoms with Crippen molar-refractivity contribution in [2.45, 2.75) is 30.8 Å². The molecule has 0 bridgehead atoms. The highest BCUT2D eigenvalue weighted by Crippen LogP contribution is 2.13. The molecule has 0 saturated heterocycles. The lowest BCUT2D eigenvalue weighted by Crippen LogP contribution is -2.48. The van der Waals surface area contributed by atoms with Crippen LogP contribution in [0, 0.1) is 0 Å². The van der Waals surface area contributed by atoms with E-state index in [1.807, 2.05) is 0 Å². The molecular formula is C9H17N3O3S. The van der Waals surface area contributed by atoms with Crippen molar-refractivity contribution in [3.8, 4) is 0 Å². The number of rotatable bonds is 5. The number of hydrogen-bond donors (Lipinski definition) is 2. The van der Waals surface area contributed by atoms with Gasteiger partial charge < -0.3 is 9.67 Å². The van der Waals surface area contributed by atoms with Gasteiger partial charge in [0.1, 0.15) is 0 Å². The second-order valence-corrected chi connectivity index (χ2v) is 5.68. The zero-order valence-electron chi connectivity index (χ0n) is 9.64. The third kappa shape index (κ3) is 2.81. The van der Waals surface area contributed by atoms with E-state index in [9.17, 15) is 8.42 Å². The van der Waals surface area contributed by atoms with E-state index in [0.717, 1.165) is 0 Å². The van der Waals surface area contributed by atoms with Gasteiger partial charge in [0.25, 0.3) is 10.0 Å². The number of aryl methyl sites for hydroxylation is 1. The first-order chi connectivity index (χ1) is 7.33. The Hall–Kier alpha value is -0.920. The fraction of sp³-hybridized carbons (Fsp3) is 0.667. The molecule has 0 saturated carbocycles. The van der Waals surface area contributed by atoms with E-state index in [4.69, 9.17) is 5.11 Å². The molecule has 0 aliphatic heterocycles. The van der Waals surface area contributed by atoms with E-state index in [1.165, 1.54) is 12.5 Å². The van der Waals surface area contributed by atoms with Gasteiger partial charge in [-0.05, 0) is 13.3 Å². The maximum Gasteiger partial charge on any atom is 0.260 e. The van der Waals surface area contributed by atoms with Gasteiger partial charge in [0.15, 0.2) is 5.03 Å². The van der Waals surface area contributed by atoms with Crippen molar-refractivity contribution in [2.75, 3.05) is 6.61 Å². The molecule has 6 nitrogen and oxygen atoms in total. The van der Waals surface area contributed by atoms with Crippen molar-refractivity contribution < 1.29 is 13.5 Å². The van der Waals surface area contributed by atoms with E-state index in [0.29, 0.717) is 6.42 Å². The van der Waals surface area contributed by atoms with Crippen LogP contribution in [-0.4, -0.2) is 35.2 Å². The second kappa shape index (κ2) is 4.52. The zero-order chi connectivity index (χ0) is 12.4. The third-order valence-electron chi connectivity index (χ3n) is 2.47. The van der Waals surface area contributed by atoms with Crippen molar-refractivity contribution in [3.05, 3.63) is 12.5 Å². The zero-order valence-corrected chi connectivity index (χ0v) is 10.5. The Morgan fingerprint density at radius 1 is 1.62 bits per heavy atom. The van der Waals surface area contributed by atoms with Gasteiger partial charge in [0.05, 0.1) is 18.5 Å². The Morgan fingerprint density at radius 3 is 2.62 bits per heavy atom. The van der Waals surface area contributed by atoms with E-state index in [1.54, 1.807) is 25.5 Å². The number of aromatic nitrogens is 2. The molecule has 1 aromatic heterocycles. The van der Waals surface area contributed by atoms with Gasteiger partial charge in [-0.1, -0.05) is 6.92 Å². The summed E-state index contributed by atoms with van der Waals surface area (Å²) in [4.78, 5) is 3.77. The van der Waals surface area contributed by atoms with Crippen LogP contribution in [0.4, 0.5) is 0 Å². The van der Waals surface area contributed by atoms with Crippen LogP contribution >= 0.6 is 0 Å². The summed E-state index contributed by atoms with van der Waals surface area (Å²) in [5.74, 6) is 0. The average molecular weight is 247 g/mol. The van der Waals surface area contributed by atoms with Crippen LogP contribution in [-0.2, 0) is 17.1 Å². The smallest absolute Gasteiger partial charge is 0.260 e. The minimum absolute atomic E-state index is 0.0388. The number of aliphatic hydroxyl groups is 1. The topological polar surface area (TPSA) is 84.2 Å². The van der Waals surface area contributed by atoms with Crippen LogP contribution in [0.2, 0.25) is 0 Å². The van der Waals surface area contributed by atoms with E-state index in [2.05, 4.69) is 9.71 Å². The van der Waals surface area contributed by atoms with Crippen LogP contribution in [0.25, 0.3) is 0 Å². The Bertz CT molecular complexity index is 448. The Labute approximate surface area is 95.4 Å². The molecule has 16 heavy (non-hydrogen) atoms. The molecule has 0 aromatic carbocycles. The maximum atomic E-state index is 11.9. The fourth-order valence-electron chi connectivity index (χ4n) is 1.12. The van der Waals surface area contributed by atoms with Gasteiger partial charge in [-0.25, -0.2) is 18.1 Å². The lowest BCUT2D eigenvalue weighted by atomic mass is 10.0. The van der Waals surface area contributed by atoms with Gasteiger partial charge in [-0.2, -0.15) is 0 Å². The summed E-state index contributed by atoms with van der Waals surface area (Å²) in [6.45, 7) is 3.19. The highest BCUT2D eigenvalue weighted by atomic mass is 32.2. The normalized spacial score (nSPS) is 16.0. The quantitative estimate of drug-likeness (QED) is 0.758. The van der Waals surface area contributed by atoms with Crippen LogP contribution < -0.4 is 4.72 Å². The van der Waals surface area contributed by atoms with Crippen molar-refractivity contribution in [2.24, 2.45) is 7.05 Å². The highest BCUT2D eigenvalue weighted by molar-refractivity contribution is 7.89. The lowest BCUT2D eigenvalue weighted by Gasteiger charge is -2.26. The van der Waals surface area contributed by atoms with Crippen LogP contribution in [0.1, 0.15) is 20.3 Å². The molecule has 1 unspecified atom stereocenters. The number of nitrogens with one attached hydrogen (secondary N) is 1. The molecule has 92 valence electrons. The molecule has 0 amide bonds. The maximum absolute atomic E-state index is 11.9. The standard InChI is InChI=1S/C9H17N3O3S/c1-4-9(2,6-13)11-16(14,15)8-5-12(3)7-10-8/h5,7,11,13H,4,6H2,1-3H3. The summed E-state index contributed by atoms with van der Waals surface area (Å²) in [7, 11) is -1.97. The first-order valence-electron chi connectivity index (χ1n) is 4.96. The Balaban J connectivity index is 2.96. The molecule has 0 fully saturated rings. The largest absolute Gasteiger partial charge is 0.394 e. The van der Waals surface area contributed by atoms with Crippen LogP contribution in [0.3, 0.4) is 0 Å². The molecule has 0 radical (unpaired) electrons. The van der Waals surface area contributed by atoms with Gasteiger partial charge in [0, 0.05) is 13.2 Å². The van der Waals surface area contributed by atoms with Gasteiger partial charge in [-0.15, -0.1) is 0 Å². The summed E-state index contributed by atoms with van der Waals surface area (Å²) in [6.07, 6.45) is 3.32. The SMILES string of the molecule is CCC(C)(CO)NS(=O)(=O)c1cn(C)cn1. The van der Waals surface area contributed by atoms with Crippen LogP contribution in [0.5, 0.6) is 0 Å². The predicted molar refractivity (Wildman–Crippen MR) is 59.3 cm³/mol. The minimum Gasteiger partial charge on any atom is -0.394 e. The Morgan fingerprint density at radius 2 is 2.25 bits per heavy atom. The monoisotopic (exact) mass is 247 g/mol. The molecule has 1 heterocycles. The summed E-state index contributed by atoms with van der Waals surface area (Å²) >= 11 is 0. The number of imidazole rings is 1. The van der Waals surface area contributed by atoms with Crippen molar-refractivity contribution in [3.63, 3.8) is 0 Å². The predicted octanol–water partition coefficient (Wildman–Crippen LogP) is -0.141. The Kier molecular flexibility index (Phi) is 3.72. The fourth-order valence-corrected chi connectivity index (χ4v) is 2.57. The first-order valence-corrected chi connectivity index (χ1v) is 6.44. The first kappa shape index (κ1) is 13.1. The number of hydrogen-bond acceptors (Lipinski definition) is 4. The second-order valence-electron chi connectivity index (χ2n) is 4.06. The molecular weight excluding hydrogens is 230 g/mol. The molecule has 0 spiro atoms. The van der Waals surface area contributed by atoms with E-state index < -0.39 is 15.6 Å². The van der Waals surface area contributed by atoms with Crippen molar-refractivity contribution in [1.29, 1.82) is 0 Å². The molecule has 7 heteroatoms. The van der Waals surface area contributed by atoms with Gasteiger partial charge in [0.2, 0.25) is 0 Å². The summed E-state index contributed by atoms with van der Waals surface area (Å²) in [6, 6.07) is 0.